The van der Waals surface area contributed by atoms with Crippen molar-refractivity contribution < 1.29 is 17.6 Å². The van der Waals surface area contributed by atoms with E-state index in [1.807, 2.05) is 6.07 Å². The quantitative estimate of drug-likeness (QED) is 0.588. The van der Waals surface area contributed by atoms with Crippen LogP contribution in [0.1, 0.15) is 16.4 Å². The van der Waals surface area contributed by atoms with Gasteiger partial charge in [0.15, 0.2) is 9.84 Å². The maximum Gasteiger partial charge on any atom is 0.244 e. The van der Waals surface area contributed by atoms with E-state index in [-0.39, 0.29) is 16.6 Å². The molecule has 1 aromatic heterocycles. The molecule has 0 spiro atoms. The monoisotopic (exact) mass is 415 g/mol. The Labute approximate surface area is 167 Å². The molecule has 1 N–H and O–H groups in total. The van der Waals surface area contributed by atoms with E-state index in [4.69, 9.17) is 0 Å². The van der Waals surface area contributed by atoms with Crippen LogP contribution in [-0.2, 0) is 14.6 Å². The first-order valence-electron chi connectivity index (χ1n) is 8.50. The lowest BCUT2D eigenvalue weighted by molar-refractivity contribution is -0.116. The molecule has 0 unspecified atom stereocenters. The van der Waals surface area contributed by atoms with E-state index < -0.39 is 21.0 Å². The SMILES string of the molecule is O=C(/C=C/c1ccc(F)cc1)NC[C@H](c1ccccc1)S(=O)(=O)c1cccs1. The van der Waals surface area contributed by atoms with E-state index in [0.29, 0.717) is 11.1 Å². The van der Waals surface area contributed by atoms with Crippen LogP contribution in [0.3, 0.4) is 0 Å². The van der Waals surface area contributed by atoms with Crippen LogP contribution in [0, 0.1) is 5.82 Å². The summed E-state index contributed by atoms with van der Waals surface area (Å²) in [6, 6.07) is 17.8. The van der Waals surface area contributed by atoms with Crippen LogP contribution >= 0.6 is 11.3 Å². The van der Waals surface area contributed by atoms with E-state index >= 15 is 0 Å². The molecule has 0 aliphatic heterocycles. The highest BCUT2D eigenvalue weighted by molar-refractivity contribution is 7.93. The summed E-state index contributed by atoms with van der Waals surface area (Å²) in [4.78, 5) is 12.2. The lowest BCUT2D eigenvalue weighted by Crippen LogP contribution is -2.30. The third kappa shape index (κ3) is 4.94. The highest BCUT2D eigenvalue weighted by Crippen LogP contribution is 2.31. The van der Waals surface area contributed by atoms with E-state index in [2.05, 4.69) is 5.32 Å². The molecule has 4 nitrogen and oxygen atoms in total. The van der Waals surface area contributed by atoms with Crippen molar-refractivity contribution >= 4 is 33.2 Å². The van der Waals surface area contributed by atoms with Crippen LogP contribution in [-0.4, -0.2) is 20.9 Å². The van der Waals surface area contributed by atoms with Gasteiger partial charge >= 0.3 is 0 Å². The highest BCUT2D eigenvalue weighted by Gasteiger charge is 2.30. The molecule has 0 aliphatic carbocycles. The highest BCUT2D eigenvalue weighted by atomic mass is 32.2. The fourth-order valence-corrected chi connectivity index (χ4v) is 5.50. The van der Waals surface area contributed by atoms with Gasteiger partial charge < -0.3 is 5.32 Å². The number of hydrogen-bond donors (Lipinski definition) is 1. The molecule has 7 heteroatoms. The molecule has 0 radical (unpaired) electrons. The Bertz CT molecular complexity index is 1040. The standard InChI is InChI=1S/C21H18FNO3S2/c22-18-11-8-16(9-12-18)10-13-20(24)23-15-19(17-5-2-1-3-6-17)28(25,26)21-7-4-14-27-21/h1-14,19H,15H2,(H,23,24)/b13-10+/t19-/m1/s1. The van der Waals surface area contributed by atoms with Gasteiger partial charge in [-0.1, -0.05) is 48.5 Å². The van der Waals surface area contributed by atoms with E-state index in [0.717, 1.165) is 11.3 Å². The number of nitrogens with one attached hydrogen (secondary N) is 1. The van der Waals surface area contributed by atoms with Gasteiger partial charge in [0.25, 0.3) is 0 Å². The minimum absolute atomic E-state index is 0.0587. The second-order valence-corrected chi connectivity index (χ2v) is 9.31. The third-order valence-corrected chi connectivity index (χ3v) is 7.61. The summed E-state index contributed by atoms with van der Waals surface area (Å²) in [6.07, 6.45) is 2.84. The maximum absolute atomic E-state index is 13.0. The largest absolute Gasteiger partial charge is 0.351 e. The first-order chi connectivity index (χ1) is 13.5. The molecule has 2 aromatic carbocycles. The molecule has 1 heterocycles. The van der Waals surface area contributed by atoms with Crippen molar-refractivity contribution in [3.63, 3.8) is 0 Å². The number of benzene rings is 2. The first kappa shape index (κ1) is 20.0. The summed E-state index contributed by atoms with van der Waals surface area (Å²) >= 11 is 1.15. The van der Waals surface area contributed by atoms with Crippen molar-refractivity contribution in [2.24, 2.45) is 0 Å². The second-order valence-electron chi connectivity index (χ2n) is 6.01. The fraction of sp³-hybridized carbons (Fsp3) is 0.0952. The molecule has 144 valence electrons. The number of hydrogen-bond acceptors (Lipinski definition) is 4. The minimum Gasteiger partial charge on any atom is -0.351 e. The van der Waals surface area contributed by atoms with Gasteiger partial charge in [-0.3, -0.25) is 4.79 Å². The number of sulfone groups is 1. The lowest BCUT2D eigenvalue weighted by atomic mass is 10.1. The van der Waals surface area contributed by atoms with Gasteiger partial charge in [0, 0.05) is 12.6 Å². The van der Waals surface area contributed by atoms with E-state index in [9.17, 15) is 17.6 Å². The zero-order valence-corrected chi connectivity index (χ0v) is 16.4. The predicted molar refractivity (Wildman–Crippen MR) is 109 cm³/mol. The number of thiophene rings is 1. The molecular formula is C21H18FNO3S2. The fourth-order valence-electron chi connectivity index (χ4n) is 2.64. The van der Waals surface area contributed by atoms with Crippen LogP contribution in [0.2, 0.25) is 0 Å². The zero-order valence-electron chi connectivity index (χ0n) is 14.8. The first-order valence-corrected chi connectivity index (χ1v) is 10.9. The second kappa shape index (κ2) is 8.95. The van der Waals surface area contributed by atoms with Crippen LogP contribution in [0.15, 0.2) is 82.4 Å². The van der Waals surface area contributed by atoms with Gasteiger partial charge in [-0.05, 0) is 40.8 Å². The number of amides is 1. The van der Waals surface area contributed by atoms with Crippen molar-refractivity contribution in [2.45, 2.75) is 9.46 Å². The zero-order chi connectivity index (χ0) is 20.0. The lowest BCUT2D eigenvalue weighted by Gasteiger charge is -2.17. The van der Waals surface area contributed by atoms with Gasteiger partial charge in [0.2, 0.25) is 5.91 Å². The molecule has 0 fully saturated rings. The molecule has 1 amide bonds. The molecule has 28 heavy (non-hydrogen) atoms. The molecule has 0 aliphatic rings. The third-order valence-electron chi connectivity index (χ3n) is 4.08. The number of carbonyl (C=O) groups excluding carboxylic acids is 1. The average Bonchev–Trinajstić information content (AvgIpc) is 3.24. The molecule has 3 rings (SSSR count). The van der Waals surface area contributed by atoms with Crippen molar-refractivity contribution in [3.8, 4) is 0 Å². The molecule has 0 bridgehead atoms. The van der Waals surface area contributed by atoms with E-state index in [1.54, 1.807) is 60.0 Å². The number of halogens is 1. The molecule has 0 saturated carbocycles. The Hall–Kier alpha value is -2.77. The molecular weight excluding hydrogens is 397 g/mol. The topological polar surface area (TPSA) is 63.2 Å². The van der Waals surface area contributed by atoms with Gasteiger partial charge in [-0.25, -0.2) is 12.8 Å². The summed E-state index contributed by atoms with van der Waals surface area (Å²) in [5.41, 5.74) is 1.28. The minimum atomic E-state index is -3.64. The predicted octanol–water partition coefficient (Wildman–Crippen LogP) is 4.23. The van der Waals surface area contributed by atoms with Gasteiger partial charge in [-0.15, -0.1) is 11.3 Å². The maximum atomic E-state index is 13.0. The van der Waals surface area contributed by atoms with Gasteiger partial charge in [-0.2, -0.15) is 0 Å². The van der Waals surface area contributed by atoms with Crippen molar-refractivity contribution in [3.05, 3.63) is 95.1 Å². The molecule has 0 saturated heterocycles. The van der Waals surface area contributed by atoms with Crippen molar-refractivity contribution in [1.82, 2.24) is 5.32 Å². The normalized spacial score (nSPS) is 12.8. The smallest absolute Gasteiger partial charge is 0.244 e. The van der Waals surface area contributed by atoms with Crippen LogP contribution in [0.25, 0.3) is 6.08 Å². The average molecular weight is 416 g/mol. The number of rotatable bonds is 7. The Morgan fingerprint density at radius 1 is 1.04 bits per heavy atom. The summed E-state index contributed by atoms with van der Waals surface area (Å²) in [6.45, 7) is -0.0587. The van der Waals surface area contributed by atoms with Crippen LogP contribution in [0.4, 0.5) is 4.39 Å². The van der Waals surface area contributed by atoms with Crippen LogP contribution < -0.4 is 5.32 Å². The number of carbonyl (C=O) groups is 1. The summed E-state index contributed by atoms with van der Waals surface area (Å²) in [5.74, 6) is -0.780. The molecule has 3 aromatic rings. The van der Waals surface area contributed by atoms with Crippen molar-refractivity contribution in [2.75, 3.05) is 6.54 Å². The van der Waals surface area contributed by atoms with Gasteiger partial charge in [0.1, 0.15) is 15.3 Å². The Morgan fingerprint density at radius 3 is 2.39 bits per heavy atom. The summed E-state index contributed by atoms with van der Waals surface area (Å²) in [7, 11) is -3.64. The Kier molecular flexibility index (Phi) is 6.38. The summed E-state index contributed by atoms with van der Waals surface area (Å²) in [5, 5.41) is 3.47. The Morgan fingerprint density at radius 2 is 1.75 bits per heavy atom. The van der Waals surface area contributed by atoms with Crippen molar-refractivity contribution in [1.29, 1.82) is 0 Å². The van der Waals surface area contributed by atoms with Gasteiger partial charge in [0.05, 0.1) is 0 Å². The molecule has 1 atom stereocenters. The van der Waals surface area contributed by atoms with Crippen LogP contribution in [0.5, 0.6) is 0 Å². The summed E-state index contributed by atoms with van der Waals surface area (Å²) < 4.78 is 39.2. The van der Waals surface area contributed by atoms with E-state index in [1.165, 1.54) is 18.2 Å². The Balaban J connectivity index is 1.75.